The number of hydrogen-bond donors (Lipinski definition) is 1. The molecule has 0 amide bonds. The molecule has 79 heavy (non-hydrogen) atoms. The standard InChI is InChI=1S/C73H77N5O/c1-44(2)55-37-48(46-26-20-18-21-27-46)38-56(45(3)4)66(55)78-64-43-54(74-17)42-58(65(64)76-69(78)59-40-53(72(11,12)13)41-60(67(59)79)73(14,15)16)49-34-50(36-52(35-49)71(8,9)10)68-75-61-30-24-25-31-63(61)77(68)62-33-32-51(70(5,6)7)39-57(62)47-28-22-19-23-29-47/h18-45,79H,1-16H3. The van der Waals surface area contributed by atoms with Crippen LogP contribution in [0.25, 0.3) is 94.4 Å². The topological polar surface area (TPSA) is 60.2 Å². The fraction of sp³-hybridized carbons (Fsp3) is 0.301. The van der Waals surface area contributed by atoms with Gasteiger partial charge in [0.25, 0.3) is 0 Å². The molecule has 0 radical (unpaired) electrons. The molecule has 2 heterocycles. The van der Waals surface area contributed by atoms with Gasteiger partial charge in [0.05, 0.1) is 45.6 Å². The van der Waals surface area contributed by atoms with Gasteiger partial charge < -0.3 is 5.11 Å². The van der Waals surface area contributed by atoms with Gasteiger partial charge in [-0.05, 0) is 156 Å². The zero-order valence-corrected chi connectivity index (χ0v) is 49.3. The van der Waals surface area contributed by atoms with Crippen molar-refractivity contribution in [3.8, 4) is 73.3 Å². The Labute approximate surface area is 469 Å². The predicted molar refractivity (Wildman–Crippen MR) is 334 cm³/mol. The first-order valence-corrected chi connectivity index (χ1v) is 28.1. The van der Waals surface area contributed by atoms with E-state index < -0.39 is 0 Å². The van der Waals surface area contributed by atoms with Gasteiger partial charge in [-0.25, -0.2) is 14.8 Å². The number of nitrogens with zero attached hydrogens (tertiary/aromatic N) is 5. The van der Waals surface area contributed by atoms with Gasteiger partial charge in [-0.15, -0.1) is 0 Å². The maximum atomic E-state index is 12.9. The van der Waals surface area contributed by atoms with Gasteiger partial charge in [0.1, 0.15) is 17.4 Å². The van der Waals surface area contributed by atoms with Gasteiger partial charge in [-0.3, -0.25) is 9.13 Å². The highest BCUT2D eigenvalue weighted by Gasteiger charge is 2.32. The Morgan fingerprint density at radius 2 is 1.00 bits per heavy atom. The number of fused-ring (bicyclic) bond motifs is 2. The van der Waals surface area contributed by atoms with Crippen molar-refractivity contribution in [2.75, 3.05) is 0 Å². The van der Waals surface area contributed by atoms with Gasteiger partial charge in [0, 0.05) is 16.7 Å². The lowest BCUT2D eigenvalue weighted by molar-refractivity contribution is 0.446. The van der Waals surface area contributed by atoms with Crippen molar-refractivity contribution in [1.82, 2.24) is 19.1 Å². The molecule has 10 rings (SSSR count). The molecular weight excluding hydrogens is 963 g/mol. The first kappa shape index (κ1) is 54.3. The van der Waals surface area contributed by atoms with Crippen LogP contribution in [0.2, 0.25) is 0 Å². The van der Waals surface area contributed by atoms with E-state index in [4.69, 9.17) is 16.5 Å². The number of rotatable bonds is 9. The number of aromatic hydroxyl groups is 1. The Kier molecular flexibility index (Phi) is 13.8. The Morgan fingerprint density at radius 3 is 1.58 bits per heavy atom. The molecule has 0 spiro atoms. The summed E-state index contributed by atoms with van der Waals surface area (Å²) in [5.41, 5.74) is 19.6. The largest absolute Gasteiger partial charge is 0.507 e. The lowest BCUT2D eigenvalue weighted by Gasteiger charge is -2.28. The number of phenolic OH excluding ortho intramolecular Hbond substituents is 1. The molecule has 0 unspecified atom stereocenters. The summed E-state index contributed by atoms with van der Waals surface area (Å²) in [4.78, 5) is 15.6. The average Bonchev–Trinajstić information content (AvgIpc) is 4.15. The van der Waals surface area contributed by atoms with Crippen molar-refractivity contribution in [2.45, 2.75) is 144 Å². The van der Waals surface area contributed by atoms with Crippen LogP contribution in [0.4, 0.5) is 5.69 Å². The number of imidazole rings is 2. The first-order valence-electron chi connectivity index (χ1n) is 28.1. The fourth-order valence-corrected chi connectivity index (χ4v) is 11.1. The van der Waals surface area contributed by atoms with Gasteiger partial charge in [-0.1, -0.05) is 202 Å². The minimum absolute atomic E-state index is 0.0722. The van der Waals surface area contributed by atoms with Gasteiger partial charge in [0.2, 0.25) is 0 Å². The maximum absolute atomic E-state index is 12.9. The SMILES string of the molecule is [C-]#[N+]c1cc(-c2cc(-c3nc4ccccc4n3-c3ccc(C(C)(C)C)cc3-c3ccccc3)cc(C(C)(C)C)c2)c2nc(-c3cc(C(C)(C)C)cc(C(C)(C)C)c3O)n(-c3c(C(C)C)cc(-c4ccccc4)cc3C(C)C)c2c1. The molecule has 2 aromatic heterocycles. The van der Waals surface area contributed by atoms with Crippen LogP contribution in [0.5, 0.6) is 5.75 Å². The molecule has 0 aliphatic carbocycles. The first-order chi connectivity index (χ1) is 37.2. The van der Waals surface area contributed by atoms with Crippen molar-refractivity contribution >= 4 is 27.8 Å². The number of para-hydroxylation sites is 2. The van der Waals surface area contributed by atoms with E-state index in [1.54, 1.807) is 0 Å². The van der Waals surface area contributed by atoms with Crippen LogP contribution >= 0.6 is 0 Å². The molecular formula is C73H77N5O. The van der Waals surface area contributed by atoms with E-state index in [0.717, 1.165) is 106 Å². The number of benzene rings is 8. The molecule has 0 saturated heterocycles. The Balaban J connectivity index is 1.34. The smallest absolute Gasteiger partial charge is 0.190 e. The third-order valence-corrected chi connectivity index (χ3v) is 15.8. The summed E-state index contributed by atoms with van der Waals surface area (Å²) >= 11 is 0. The van der Waals surface area contributed by atoms with Crippen molar-refractivity contribution < 1.29 is 5.11 Å². The second-order valence-electron chi connectivity index (χ2n) is 26.5. The highest BCUT2D eigenvalue weighted by atomic mass is 16.3. The fourth-order valence-electron chi connectivity index (χ4n) is 11.1. The van der Waals surface area contributed by atoms with Gasteiger partial charge >= 0.3 is 0 Å². The van der Waals surface area contributed by atoms with E-state index in [-0.39, 0.29) is 39.2 Å². The summed E-state index contributed by atoms with van der Waals surface area (Å²) in [5.74, 6) is 1.86. The van der Waals surface area contributed by atoms with E-state index in [1.807, 2.05) is 12.1 Å². The van der Waals surface area contributed by atoms with Gasteiger partial charge in [0.15, 0.2) is 5.69 Å². The molecule has 1 N–H and O–H groups in total. The number of hydrogen-bond acceptors (Lipinski definition) is 3. The molecule has 0 aliphatic heterocycles. The second-order valence-corrected chi connectivity index (χ2v) is 26.5. The van der Waals surface area contributed by atoms with Crippen molar-refractivity contribution in [2.24, 2.45) is 0 Å². The van der Waals surface area contributed by atoms with E-state index in [0.29, 0.717) is 17.1 Å². The van der Waals surface area contributed by atoms with Gasteiger partial charge in [-0.2, -0.15) is 0 Å². The molecule has 8 aromatic carbocycles. The molecule has 6 nitrogen and oxygen atoms in total. The van der Waals surface area contributed by atoms with E-state index in [9.17, 15) is 5.11 Å². The Hall–Kier alpha value is -8.01. The minimum atomic E-state index is -0.389. The Morgan fingerprint density at radius 1 is 0.443 bits per heavy atom. The zero-order valence-electron chi connectivity index (χ0n) is 49.3. The molecule has 0 saturated carbocycles. The lowest BCUT2D eigenvalue weighted by Crippen LogP contribution is -2.17. The highest BCUT2D eigenvalue weighted by Crippen LogP contribution is 2.49. The molecule has 10 aromatic rings. The van der Waals surface area contributed by atoms with Crippen LogP contribution in [0.1, 0.15) is 156 Å². The van der Waals surface area contributed by atoms with E-state index >= 15 is 0 Å². The number of aromatic nitrogens is 4. The quantitative estimate of drug-likeness (QED) is 0.147. The molecule has 0 bridgehead atoms. The van der Waals surface area contributed by atoms with E-state index in [1.165, 1.54) is 5.56 Å². The summed E-state index contributed by atoms with van der Waals surface area (Å²) in [6.45, 7) is 44.6. The molecule has 0 atom stereocenters. The van der Waals surface area contributed by atoms with Crippen LogP contribution < -0.4 is 0 Å². The normalized spacial score (nSPS) is 12.6. The third-order valence-electron chi connectivity index (χ3n) is 15.8. The zero-order chi connectivity index (χ0) is 56.7. The highest BCUT2D eigenvalue weighted by molar-refractivity contribution is 6.00. The summed E-state index contributed by atoms with van der Waals surface area (Å²) in [6, 6.07) is 56.5. The average molecular weight is 1040 g/mol. The van der Waals surface area contributed by atoms with Crippen LogP contribution in [-0.4, -0.2) is 24.2 Å². The summed E-state index contributed by atoms with van der Waals surface area (Å²) in [7, 11) is 0. The predicted octanol–water partition coefficient (Wildman–Crippen LogP) is 20.4. The van der Waals surface area contributed by atoms with Crippen LogP contribution in [-0.2, 0) is 21.7 Å². The molecule has 0 aliphatic rings. The summed E-state index contributed by atoms with van der Waals surface area (Å²) < 4.78 is 4.63. The van der Waals surface area contributed by atoms with Crippen LogP contribution in [0.3, 0.4) is 0 Å². The minimum Gasteiger partial charge on any atom is -0.507 e. The summed E-state index contributed by atoms with van der Waals surface area (Å²) in [6.07, 6.45) is 0. The molecule has 6 heteroatoms. The Bertz CT molecular complexity index is 3970. The third kappa shape index (κ3) is 10.2. The molecule has 0 fully saturated rings. The van der Waals surface area contributed by atoms with Crippen molar-refractivity contribution in [3.05, 3.63) is 203 Å². The lowest BCUT2D eigenvalue weighted by atomic mass is 9.78. The summed E-state index contributed by atoms with van der Waals surface area (Å²) in [5, 5.41) is 12.9. The monoisotopic (exact) mass is 1040 g/mol. The van der Waals surface area contributed by atoms with Crippen molar-refractivity contribution in [1.29, 1.82) is 0 Å². The second kappa shape index (κ2) is 20.0. The number of phenols is 1. The maximum Gasteiger partial charge on any atom is 0.190 e. The van der Waals surface area contributed by atoms with Crippen LogP contribution in [0.15, 0.2) is 158 Å². The van der Waals surface area contributed by atoms with Crippen molar-refractivity contribution in [3.63, 3.8) is 0 Å². The van der Waals surface area contributed by atoms with Crippen LogP contribution in [0, 0.1) is 6.57 Å². The molecule has 400 valence electrons. The van der Waals surface area contributed by atoms with E-state index in [2.05, 4.69) is 270 Å².